The van der Waals surface area contributed by atoms with Crippen LogP contribution in [-0.4, -0.2) is 37.0 Å². The van der Waals surface area contributed by atoms with Gasteiger partial charge in [0.05, 0.1) is 18.1 Å². The topological polar surface area (TPSA) is 47.3 Å². The number of rotatable bonds is 3. The van der Waals surface area contributed by atoms with Crippen molar-refractivity contribution >= 4 is 11.6 Å². The van der Waals surface area contributed by atoms with E-state index in [2.05, 4.69) is 17.0 Å². The van der Waals surface area contributed by atoms with Crippen LogP contribution in [0, 0.1) is 18.3 Å². The van der Waals surface area contributed by atoms with Gasteiger partial charge in [0.25, 0.3) is 0 Å². The Morgan fingerprint density at radius 2 is 1.79 bits per heavy atom. The van der Waals surface area contributed by atoms with Gasteiger partial charge in [0.15, 0.2) is 0 Å². The molecule has 0 saturated carbocycles. The van der Waals surface area contributed by atoms with E-state index in [1.54, 1.807) is 0 Å². The molecule has 122 valence electrons. The molecule has 1 amide bonds. The lowest BCUT2D eigenvalue weighted by atomic mass is 10.1. The molecule has 0 spiro atoms. The van der Waals surface area contributed by atoms with Gasteiger partial charge >= 0.3 is 0 Å². The van der Waals surface area contributed by atoms with Gasteiger partial charge in [-0.2, -0.15) is 5.26 Å². The van der Waals surface area contributed by atoms with Crippen LogP contribution in [0.4, 0.5) is 5.69 Å². The van der Waals surface area contributed by atoms with Crippen molar-refractivity contribution in [1.29, 1.82) is 5.26 Å². The number of anilines is 1. The molecular weight excluding hydrogens is 298 g/mol. The first kappa shape index (κ1) is 16.1. The maximum atomic E-state index is 12.5. The molecule has 1 aliphatic rings. The third-order valence-electron chi connectivity index (χ3n) is 4.43. The predicted octanol–water partition coefficient (Wildman–Crippen LogP) is 2.76. The molecule has 3 rings (SSSR count). The van der Waals surface area contributed by atoms with Gasteiger partial charge in [0.2, 0.25) is 5.91 Å². The van der Waals surface area contributed by atoms with E-state index in [4.69, 9.17) is 5.26 Å². The van der Waals surface area contributed by atoms with Gasteiger partial charge in [0.1, 0.15) is 0 Å². The predicted molar refractivity (Wildman–Crippen MR) is 94.8 cm³/mol. The van der Waals surface area contributed by atoms with Crippen molar-refractivity contribution in [2.45, 2.75) is 13.3 Å². The summed E-state index contributed by atoms with van der Waals surface area (Å²) in [5.74, 6) is 0.195. The Hall–Kier alpha value is -2.80. The minimum Gasteiger partial charge on any atom is -0.368 e. The Balaban J connectivity index is 1.56. The number of aryl methyl sites for hydroxylation is 1. The lowest BCUT2D eigenvalue weighted by Gasteiger charge is -2.36. The minimum atomic E-state index is 0.195. The van der Waals surface area contributed by atoms with Crippen LogP contribution in [0.25, 0.3) is 0 Å². The van der Waals surface area contributed by atoms with Gasteiger partial charge in [-0.05, 0) is 36.8 Å². The quantitative estimate of drug-likeness (QED) is 0.874. The molecule has 0 bridgehead atoms. The Bertz CT molecular complexity index is 753. The Morgan fingerprint density at radius 3 is 2.42 bits per heavy atom. The van der Waals surface area contributed by atoms with Crippen LogP contribution in [0.3, 0.4) is 0 Å². The third kappa shape index (κ3) is 3.75. The van der Waals surface area contributed by atoms with Gasteiger partial charge < -0.3 is 9.80 Å². The first-order valence-electron chi connectivity index (χ1n) is 8.24. The van der Waals surface area contributed by atoms with Crippen molar-refractivity contribution in [2.24, 2.45) is 0 Å². The number of carbonyl (C=O) groups is 1. The highest BCUT2D eigenvalue weighted by molar-refractivity contribution is 5.79. The second-order valence-corrected chi connectivity index (χ2v) is 6.19. The maximum Gasteiger partial charge on any atom is 0.227 e. The van der Waals surface area contributed by atoms with Crippen molar-refractivity contribution in [1.82, 2.24) is 4.90 Å². The van der Waals surface area contributed by atoms with Crippen LogP contribution < -0.4 is 4.90 Å². The molecule has 2 aromatic rings. The number of nitrogens with zero attached hydrogens (tertiary/aromatic N) is 3. The van der Waals surface area contributed by atoms with Crippen LogP contribution in [-0.2, 0) is 11.2 Å². The van der Waals surface area contributed by atoms with Crippen molar-refractivity contribution in [2.75, 3.05) is 31.1 Å². The average molecular weight is 319 g/mol. The monoisotopic (exact) mass is 319 g/mol. The van der Waals surface area contributed by atoms with E-state index in [0.29, 0.717) is 12.0 Å². The lowest BCUT2D eigenvalue weighted by Crippen LogP contribution is -2.49. The minimum absolute atomic E-state index is 0.195. The number of piperazine rings is 1. The lowest BCUT2D eigenvalue weighted by molar-refractivity contribution is -0.130. The van der Waals surface area contributed by atoms with E-state index in [-0.39, 0.29) is 5.91 Å². The van der Waals surface area contributed by atoms with Crippen LogP contribution in [0.5, 0.6) is 0 Å². The number of hydrogen-bond acceptors (Lipinski definition) is 3. The van der Waals surface area contributed by atoms with E-state index < -0.39 is 0 Å². The summed E-state index contributed by atoms with van der Waals surface area (Å²) < 4.78 is 0. The zero-order chi connectivity index (χ0) is 16.9. The van der Waals surface area contributed by atoms with Crippen LogP contribution in [0.2, 0.25) is 0 Å². The molecule has 4 heteroatoms. The highest BCUT2D eigenvalue weighted by Crippen LogP contribution is 2.17. The fourth-order valence-corrected chi connectivity index (χ4v) is 3.07. The standard InChI is InChI=1S/C20H21N3O/c1-16-3-2-4-18(13-16)14-20(24)23-11-9-22(10-12-23)19-7-5-17(15-21)6-8-19/h2-8,13H,9-12,14H2,1H3. The molecule has 1 aliphatic heterocycles. The van der Waals surface area contributed by atoms with Gasteiger partial charge in [-0.1, -0.05) is 29.8 Å². The second kappa shape index (κ2) is 7.18. The van der Waals surface area contributed by atoms with E-state index in [9.17, 15) is 4.79 Å². The van der Waals surface area contributed by atoms with Gasteiger partial charge in [-0.25, -0.2) is 0 Å². The fraction of sp³-hybridized carbons (Fsp3) is 0.300. The summed E-state index contributed by atoms with van der Waals surface area (Å²) in [5.41, 5.74) is 4.05. The summed E-state index contributed by atoms with van der Waals surface area (Å²) in [6.45, 7) is 5.18. The average Bonchev–Trinajstić information content (AvgIpc) is 2.62. The maximum absolute atomic E-state index is 12.5. The Kier molecular flexibility index (Phi) is 4.81. The van der Waals surface area contributed by atoms with E-state index in [1.807, 2.05) is 54.3 Å². The summed E-state index contributed by atoms with van der Waals surface area (Å²) in [7, 11) is 0. The summed E-state index contributed by atoms with van der Waals surface area (Å²) in [6.07, 6.45) is 0.471. The second-order valence-electron chi connectivity index (χ2n) is 6.19. The third-order valence-corrected chi connectivity index (χ3v) is 4.43. The molecule has 0 aliphatic carbocycles. The summed E-state index contributed by atoms with van der Waals surface area (Å²) in [6, 6.07) is 17.9. The van der Waals surface area contributed by atoms with Crippen LogP contribution in [0.15, 0.2) is 48.5 Å². The zero-order valence-electron chi connectivity index (χ0n) is 13.9. The first-order chi connectivity index (χ1) is 11.7. The first-order valence-corrected chi connectivity index (χ1v) is 8.24. The normalized spacial score (nSPS) is 14.3. The number of carbonyl (C=O) groups excluding carboxylic acids is 1. The van der Waals surface area contributed by atoms with Gasteiger partial charge in [-0.15, -0.1) is 0 Å². The number of amides is 1. The molecule has 0 N–H and O–H groups in total. The molecule has 1 heterocycles. The summed E-state index contributed by atoms with van der Waals surface area (Å²) in [4.78, 5) is 16.7. The van der Waals surface area contributed by atoms with E-state index in [1.165, 1.54) is 5.56 Å². The number of nitriles is 1. The van der Waals surface area contributed by atoms with Crippen LogP contribution in [0.1, 0.15) is 16.7 Å². The zero-order valence-corrected chi connectivity index (χ0v) is 13.9. The molecule has 4 nitrogen and oxygen atoms in total. The molecule has 1 saturated heterocycles. The Labute approximate surface area is 142 Å². The number of hydrogen-bond donors (Lipinski definition) is 0. The highest BCUT2D eigenvalue weighted by atomic mass is 16.2. The van der Waals surface area contributed by atoms with E-state index in [0.717, 1.165) is 37.4 Å². The molecular formula is C20H21N3O. The van der Waals surface area contributed by atoms with E-state index >= 15 is 0 Å². The molecule has 24 heavy (non-hydrogen) atoms. The molecule has 0 aromatic heterocycles. The van der Waals surface area contributed by atoms with Gasteiger partial charge in [-0.3, -0.25) is 4.79 Å². The molecule has 0 atom stereocenters. The molecule has 0 unspecified atom stereocenters. The number of benzene rings is 2. The summed E-state index contributed by atoms with van der Waals surface area (Å²) >= 11 is 0. The van der Waals surface area contributed by atoms with Gasteiger partial charge in [0, 0.05) is 31.9 Å². The fourth-order valence-electron chi connectivity index (χ4n) is 3.07. The Morgan fingerprint density at radius 1 is 1.08 bits per heavy atom. The SMILES string of the molecule is Cc1cccc(CC(=O)N2CCN(c3ccc(C#N)cc3)CC2)c1. The molecule has 2 aromatic carbocycles. The molecule has 1 fully saturated rings. The van der Waals surface area contributed by atoms with Crippen molar-refractivity contribution in [3.63, 3.8) is 0 Å². The largest absolute Gasteiger partial charge is 0.368 e. The summed E-state index contributed by atoms with van der Waals surface area (Å²) in [5, 5.41) is 8.87. The van der Waals surface area contributed by atoms with Crippen molar-refractivity contribution in [3.8, 4) is 6.07 Å². The van der Waals surface area contributed by atoms with Crippen molar-refractivity contribution in [3.05, 3.63) is 65.2 Å². The van der Waals surface area contributed by atoms with Crippen LogP contribution >= 0.6 is 0 Å². The smallest absolute Gasteiger partial charge is 0.227 e. The molecule has 0 radical (unpaired) electrons. The van der Waals surface area contributed by atoms with Crippen molar-refractivity contribution < 1.29 is 4.79 Å². The highest BCUT2D eigenvalue weighted by Gasteiger charge is 2.21.